The highest BCUT2D eigenvalue weighted by Crippen LogP contribution is 2.52. The van der Waals surface area contributed by atoms with Gasteiger partial charge in [-0.15, -0.1) is 11.8 Å². The third-order valence-electron chi connectivity index (χ3n) is 7.10. The number of alkyl halides is 1. The van der Waals surface area contributed by atoms with Crippen molar-refractivity contribution >= 4 is 29.0 Å². The van der Waals surface area contributed by atoms with Crippen molar-refractivity contribution in [3.05, 3.63) is 24.3 Å². The first-order valence-electron chi connectivity index (χ1n) is 10.8. The molecule has 0 saturated carbocycles. The van der Waals surface area contributed by atoms with Crippen LogP contribution in [0.4, 0.5) is 15.8 Å². The third-order valence-corrected chi connectivity index (χ3v) is 8.06. The molecule has 3 atom stereocenters. The third kappa shape index (κ3) is 4.01. The van der Waals surface area contributed by atoms with E-state index in [-0.39, 0.29) is 10.8 Å². The molecule has 0 bridgehead atoms. The summed E-state index contributed by atoms with van der Waals surface area (Å²) >= 11 is 1.00. The Hall–Kier alpha value is -1.51. The van der Waals surface area contributed by atoms with Crippen molar-refractivity contribution in [2.45, 2.75) is 19.4 Å². The molecule has 0 radical (unpaired) electrons. The number of carbonyl (C=O) groups excluding carboxylic acids is 1. The summed E-state index contributed by atoms with van der Waals surface area (Å²) in [6.07, 6.45) is 0. The molecule has 3 heterocycles. The van der Waals surface area contributed by atoms with Crippen LogP contribution in [0.2, 0.25) is 0 Å². The van der Waals surface area contributed by atoms with Crippen LogP contribution in [0.5, 0.6) is 0 Å². The minimum absolute atomic E-state index is 0.0518. The summed E-state index contributed by atoms with van der Waals surface area (Å²) in [6.45, 7) is 11.2. The van der Waals surface area contributed by atoms with E-state index in [2.05, 4.69) is 47.9 Å². The van der Waals surface area contributed by atoms with E-state index in [1.807, 2.05) is 0 Å². The Morgan fingerprint density at radius 3 is 2.13 bits per heavy atom. The van der Waals surface area contributed by atoms with Gasteiger partial charge in [-0.3, -0.25) is 4.79 Å². The first kappa shape index (κ1) is 21.7. The molecular formula is C22H33FN4O2S. The van der Waals surface area contributed by atoms with Crippen LogP contribution in [0, 0.1) is 10.8 Å². The number of carbonyl (C=O) groups is 1. The normalized spacial score (nSPS) is 29.9. The number of amides is 1. The quantitative estimate of drug-likeness (QED) is 0.738. The van der Waals surface area contributed by atoms with Gasteiger partial charge in [0.1, 0.15) is 0 Å². The number of hydrogen-bond donors (Lipinski definition) is 1. The topological polar surface area (TPSA) is 62.0 Å². The van der Waals surface area contributed by atoms with Gasteiger partial charge in [0.15, 0.2) is 0 Å². The molecule has 0 spiro atoms. The van der Waals surface area contributed by atoms with Crippen molar-refractivity contribution in [3.8, 4) is 0 Å². The van der Waals surface area contributed by atoms with E-state index in [4.69, 9.17) is 10.5 Å². The van der Waals surface area contributed by atoms with Crippen LogP contribution in [0.25, 0.3) is 0 Å². The highest BCUT2D eigenvalue weighted by Gasteiger charge is 2.58. The molecule has 0 aromatic heterocycles. The largest absolute Gasteiger partial charge is 0.378 e. The highest BCUT2D eigenvalue weighted by molar-refractivity contribution is 8.00. The maximum Gasteiger partial charge on any atom is 0.267 e. The molecule has 6 nitrogen and oxygen atoms in total. The summed E-state index contributed by atoms with van der Waals surface area (Å²) < 4.78 is 19.7. The first-order valence-corrected chi connectivity index (χ1v) is 11.8. The lowest BCUT2D eigenvalue weighted by molar-refractivity contribution is -0.132. The second-order valence-electron chi connectivity index (χ2n) is 9.26. The van der Waals surface area contributed by atoms with Crippen LogP contribution >= 0.6 is 11.8 Å². The fourth-order valence-electron chi connectivity index (χ4n) is 5.08. The zero-order valence-corrected chi connectivity index (χ0v) is 18.8. The number of morpholine rings is 1. The fourth-order valence-corrected chi connectivity index (χ4v) is 5.72. The monoisotopic (exact) mass is 436 g/mol. The Kier molecular flexibility index (Phi) is 6.19. The predicted molar refractivity (Wildman–Crippen MR) is 121 cm³/mol. The predicted octanol–water partition coefficient (Wildman–Crippen LogP) is 2.19. The van der Waals surface area contributed by atoms with Crippen LogP contribution in [0.15, 0.2) is 24.3 Å². The zero-order chi connectivity index (χ0) is 21.4. The van der Waals surface area contributed by atoms with Gasteiger partial charge in [-0.2, -0.15) is 0 Å². The standard InChI is InChI=1S/C22H33FN4O2S/c1-21-13-26(18-5-3-17(4-6-18)25-8-10-29-11-9-25)14-22(21,2)16-27(15-21)20(28)19(23)30-12-7-24/h3-6,19H,7-16,24H2,1-2H3/t19?,21-,22+. The van der Waals surface area contributed by atoms with E-state index in [0.717, 1.165) is 51.2 Å². The summed E-state index contributed by atoms with van der Waals surface area (Å²) in [5.74, 6) is 0.0653. The van der Waals surface area contributed by atoms with Gasteiger partial charge in [-0.05, 0) is 24.3 Å². The maximum atomic E-state index is 14.3. The number of hydrogen-bond acceptors (Lipinski definition) is 6. The van der Waals surface area contributed by atoms with E-state index >= 15 is 0 Å². The molecule has 8 heteroatoms. The minimum Gasteiger partial charge on any atom is -0.378 e. The van der Waals surface area contributed by atoms with Crippen molar-refractivity contribution in [1.82, 2.24) is 4.90 Å². The molecule has 3 saturated heterocycles. The van der Waals surface area contributed by atoms with Gasteiger partial charge in [-0.25, -0.2) is 4.39 Å². The smallest absolute Gasteiger partial charge is 0.267 e. The molecule has 3 fully saturated rings. The lowest BCUT2D eigenvalue weighted by Crippen LogP contribution is -2.39. The van der Waals surface area contributed by atoms with Gasteiger partial charge in [0.2, 0.25) is 5.50 Å². The van der Waals surface area contributed by atoms with Crippen LogP contribution in [-0.2, 0) is 9.53 Å². The molecule has 1 aromatic carbocycles. The maximum absolute atomic E-state index is 14.3. The van der Waals surface area contributed by atoms with E-state index in [9.17, 15) is 9.18 Å². The number of likely N-dealkylation sites (tertiary alicyclic amines) is 1. The van der Waals surface area contributed by atoms with Gasteiger partial charge in [0.05, 0.1) is 13.2 Å². The molecule has 1 unspecified atom stereocenters. The molecule has 2 N–H and O–H groups in total. The number of rotatable bonds is 6. The van der Waals surface area contributed by atoms with Crippen molar-refractivity contribution in [1.29, 1.82) is 0 Å². The molecular weight excluding hydrogens is 403 g/mol. The second-order valence-corrected chi connectivity index (χ2v) is 10.4. The van der Waals surface area contributed by atoms with Gasteiger partial charge in [0.25, 0.3) is 5.91 Å². The summed E-state index contributed by atoms with van der Waals surface area (Å²) in [5, 5.41) is 0. The van der Waals surface area contributed by atoms with E-state index in [1.165, 1.54) is 11.4 Å². The average Bonchev–Trinajstić information content (AvgIpc) is 3.16. The van der Waals surface area contributed by atoms with Crippen LogP contribution in [0.3, 0.4) is 0 Å². The molecule has 3 aliphatic rings. The molecule has 166 valence electrons. The van der Waals surface area contributed by atoms with Gasteiger partial charge >= 0.3 is 0 Å². The van der Waals surface area contributed by atoms with Crippen molar-refractivity contribution in [2.75, 3.05) is 74.6 Å². The average molecular weight is 437 g/mol. The molecule has 4 rings (SSSR count). The number of halogens is 1. The molecule has 0 aliphatic carbocycles. The van der Waals surface area contributed by atoms with E-state index in [0.29, 0.717) is 25.4 Å². The SMILES string of the molecule is C[C@@]12CN(C(=O)C(F)SCCN)C[C@]1(C)CN(c1ccc(N3CCOCC3)cc1)C2. The summed E-state index contributed by atoms with van der Waals surface area (Å²) in [4.78, 5) is 19.1. The highest BCUT2D eigenvalue weighted by atomic mass is 32.2. The molecule has 1 amide bonds. The number of ether oxygens (including phenoxy) is 1. The van der Waals surface area contributed by atoms with Gasteiger partial charge in [-0.1, -0.05) is 13.8 Å². The van der Waals surface area contributed by atoms with Gasteiger partial charge in [0, 0.05) is 73.8 Å². The zero-order valence-electron chi connectivity index (χ0n) is 18.0. The fraction of sp³-hybridized carbons (Fsp3) is 0.682. The van der Waals surface area contributed by atoms with Gasteiger partial charge < -0.3 is 25.2 Å². The Morgan fingerprint density at radius 2 is 1.60 bits per heavy atom. The number of benzene rings is 1. The second kappa shape index (κ2) is 8.55. The number of fused-ring (bicyclic) bond motifs is 1. The van der Waals surface area contributed by atoms with E-state index in [1.54, 1.807) is 4.90 Å². The molecule has 30 heavy (non-hydrogen) atoms. The lowest BCUT2D eigenvalue weighted by atomic mass is 9.71. The number of thioether (sulfide) groups is 1. The Bertz CT molecular complexity index is 740. The van der Waals surface area contributed by atoms with E-state index < -0.39 is 11.4 Å². The summed E-state index contributed by atoms with van der Waals surface area (Å²) in [6, 6.07) is 8.78. The Balaban J connectivity index is 1.41. The Labute approximate surface area is 182 Å². The molecule has 1 aromatic rings. The van der Waals surface area contributed by atoms with Crippen LogP contribution in [-0.4, -0.2) is 81.1 Å². The first-order chi connectivity index (χ1) is 14.4. The summed E-state index contributed by atoms with van der Waals surface area (Å²) in [7, 11) is 0. The van der Waals surface area contributed by atoms with Crippen molar-refractivity contribution < 1.29 is 13.9 Å². The lowest BCUT2D eigenvalue weighted by Gasteiger charge is -2.30. The number of nitrogens with zero attached hydrogens (tertiary/aromatic N) is 3. The van der Waals surface area contributed by atoms with Crippen LogP contribution < -0.4 is 15.5 Å². The number of nitrogens with two attached hydrogens (primary N) is 1. The summed E-state index contributed by atoms with van der Waals surface area (Å²) in [5.41, 5.74) is 6.28. The Morgan fingerprint density at radius 1 is 1.07 bits per heavy atom. The number of anilines is 2. The van der Waals surface area contributed by atoms with Crippen molar-refractivity contribution in [3.63, 3.8) is 0 Å². The van der Waals surface area contributed by atoms with Crippen molar-refractivity contribution in [2.24, 2.45) is 16.6 Å². The minimum atomic E-state index is -1.51. The van der Waals surface area contributed by atoms with Crippen LogP contribution in [0.1, 0.15) is 13.8 Å². The molecule has 3 aliphatic heterocycles.